The summed E-state index contributed by atoms with van der Waals surface area (Å²) >= 11 is 0. The molecule has 0 atom stereocenters. The smallest absolute Gasteiger partial charge is 0.159 e. The Morgan fingerprint density at radius 3 is 2.57 bits per heavy atom. The van der Waals surface area contributed by atoms with E-state index in [1.54, 1.807) is 0 Å². The summed E-state index contributed by atoms with van der Waals surface area (Å²) < 4.78 is 0. The van der Waals surface area contributed by atoms with E-state index in [-0.39, 0.29) is 0 Å². The summed E-state index contributed by atoms with van der Waals surface area (Å²) in [6, 6.07) is 0. The molecule has 2 aliphatic carbocycles. The Morgan fingerprint density at radius 1 is 1.14 bits per heavy atom. The number of rotatable bonds is 4. The van der Waals surface area contributed by atoms with Gasteiger partial charge in [0.25, 0.3) is 0 Å². The first-order chi connectivity index (χ1) is 6.86. The Hall–Kier alpha value is -1.37. The topological polar surface area (TPSA) is 17.1 Å². The molecule has 0 aromatic carbocycles. The number of hydrogen-bond acceptors (Lipinski definition) is 1. The van der Waals surface area contributed by atoms with Gasteiger partial charge in [-0.15, -0.1) is 0 Å². The second kappa shape index (κ2) is 4.23. The average molecular weight is 186 g/mol. The monoisotopic (exact) mass is 186 g/mol. The summed E-state index contributed by atoms with van der Waals surface area (Å²) in [6.07, 6.45) is 15.7. The van der Waals surface area contributed by atoms with E-state index in [9.17, 15) is 4.79 Å². The van der Waals surface area contributed by atoms with Gasteiger partial charge < -0.3 is 0 Å². The normalized spacial score (nSPS) is 18.6. The van der Waals surface area contributed by atoms with Gasteiger partial charge in [0.05, 0.1) is 0 Å². The van der Waals surface area contributed by atoms with Crippen LogP contribution in [0, 0.1) is 0 Å². The van der Waals surface area contributed by atoms with Gasteiger partial charge in [-0.05, 0) is 24.8 Å². The van der Waals surface area contributed by atoms with Crippen LogP contribution in [0.15, 0.2) is 47.6 Å². The molecule has 2 aliphatic rings. The van der Waals surface area contributed by atoms with E-state index in [0.717, 1.165) is 24.8 Å². The highest BCUT2D eigenvalue weighted by molar-refractivity contribution is 5.96. The molecule has 72 valence electrons. The van der Waals surface area contributed by atoms with Crippen LogP contribution in [-0.4, -0.2) is 5.78 Å². The van der Waals surface area contributed by atoms with Gasteiger partial charge in [0.1, 0.15) is 0 Å². The molecule has 0 saturated heterocycles. The Bertz CT molecular complexity index is 353. The predicted octanol–water partition coefficient (Wildman–Crippen LogP) is 3.11. The maximum absolute atomic E-state index is 11.6. The Labute approximate surface area is 84.5 Å². The van der Waals surface area contributed by atoms with Crippen LogP contribution in [0.5, 0.6) is 0 Å². The van der Waals surface area contributed by atoms with E-state index >= 15 is 0 Å². The van der Waals surface area contributed by atoms with Crippen LogP contribution in [0.4, 0.5) is 0 Å². The van der Waals surface area contributed by atoms with Gasteiger partial charge in [-0.1, -0.05) is 42.0 Å². The third-order valence-corrected chi connectivity index (χ3v) is 2.65. The van der Waals surface area contributed by atoms with Gasteiger partial charge in [0, 0.05) is 6.42 Å². The fourth-order valence-corrected chi connectivity index (χ4v) is 1.77. The third kappa shape index (κ3) is 2.11. The summed E-state index contributed by atoms with van der Waals surface area (Å²) in [6.45, 7) is 0. The quantitative estimate of drug-likeness (QED) is 0.659. The van der Waals surface area contributed by atoms with Crippen LogP contribution in [0.3, 0.4) is 0 Å². The molecule has 0 radical (unpaired) electrons. The molecule has 0 spiro atoms. The molecule has 0 fully saturated rings. The summed E-state index contributed by atoms with van der Waals surface area (Å²) in [4.78, 5) is 11.6. The summed E-state index contributed by atoms with van der Waals surface area (Å²) in [5.41, 5.74) is 2.35. The van der Waals surface area contributed by atoms with Gasteiger partial charge in [-0.25, -0.2) is 0 Å². The predicted molar refractivity (Wildman–Crippen MR) is 57.9 cm³/mol. The first kappa shape index (κ1) is 9.20. The molecule has 0 N–H and O–H groups in total. The molecular weight excluding hydrogens is 172 g/mol. The van der Waals surface area contributed by atoms with Gasteiger partial charge >= 0.3 is 0 Å². The van der Waals surface area contributed by atoms with Crippen LogP contribution in [0.2, 0.25) is 0 Å². The lowest BCUT2D eigenvalue weighted by molar-refractivity contribution is -0.115. The number of ketones is 1. The van der Waals surface area contributed by atoms with Crippen molar-refractivity contribution in [3.63, 3.8) is 0 Å². The van der Waals surface area contributed by atoms with Crippen molar-refractivity contribution in [1.82, 2.24) is 0 Å². The van der Waals surface area contributed by atoms with Gasteiger partial charge in [0.2, 0.25) is 0 Å². The maximum Gasteiger partial charge on any atom is 0.159 e. The van der Waals surface area contributed by atoms with Crippen molar-refractivity contribution in [1.29, 1.82) is 0 Å². The molecule has 0 saturated carbocycles. The van der Waals surface area contributed by atoms with Crippen molar-refractivity contribution >= 4 is 5.78 Å². The molecular formula is C13H14O. The van der Waals surface area contributed by atoms with Crippen molar-refractivity contribution in [3.8, 4) is 0 Å². The standard InChI is InChI=1S/C13H14O/c14-13(12-7-3-4-8-12)10-9-11-5-1-2-6-11/h1-5,7H,6,8-10H2. The first-order valence-electron chi connectivity index (χ1n) is 5.10. The van der Waals surface area contributed by atoms with E-state index < -0.39 is 0 Å². The molecule has 0 heterocycles. The zero-order valence-corrected chi connectivity index (χ0v) is 8.20. The fourth-order valence-electron chi connectivity index (χ4n) is 1.77. The zero-order valence-electron chi connectivity index (χ0n) is 8.20. The lowest BCUT2D eigenvalue weighted by Gasteiger charge is -2.02. The number of Topliss-reactive ketones (excluding diaryl/α,β-unsaturated/α-hetero) is 1. The van der Waals surface area contributed by atoms with Crippen molar-refractivity contribution in [3.05, 3.63) is 47.6 Å². The molecule has 0 aromatic heterocycles. The third-order valence-electron chi connectivity index (χ3n) is 2.65. The Kier molecular flexibility index (Phi) is 2.78. The summed E-state index contributed by atoms with van der Waals surface area (Å²) in [5.74, 6) is 0.308. The van der Waals surface area contributed by atoms with Crippen molar-refractivity contribution in [2.45, 2.75) is 25.7 Å². The molecule has 0 aliphatic heterocycles. The minimum absolute atomic E-state index is 0.308. The average Bonchev–Trinajstić information content (AvgIpc) is 2.87. The highest BCUT2D eigenvalue weighted by Crippen LogP contribution is 2.19. The lowest BCUT2D eigenvalue weighted by Crippen LogP contribution is -2.00. The van der Waals surface area contributed by atoms with E-state index in [4.69, 9.17) is 0 Å². The van der Waals surface area contributed by atoms with E-state index in [0.29, 0.717) is 12.2 Å². The van der Waals surface area contributed by atoms with Gasteiger partial charge in [-0.2, -0.15) is 0 Å². The largest absolute Gasteiger partial charge is 0.295 e. The van der Waals surface area contributed by atoms with Crippen LogP contribution >= 0.6 is 0 Å². The van der Waals surface area contributed by atoms with E-state index in [1.807, 2.05) is 18.2 Å². The second-order valence-corrected chi connectivity index (χ2v) is 3.70. The molecule has 14 heavy (non-hydrogen) atoms. The van der Waals surface area contributed by atoms with Crippen molar-refractivity contribution in [2.75, 3.05) is 0 Å². The molecule has 0 unspecified atom stereocenters. The molecule has 0 bridgehead atoms. The highest BCUT2D eigenvalue weighted by Gasteiger charge is 2.11. The molecule has 2 rings (SSSR count). The number of carbonyl (C=O) groups excluding carboxylic acids is 1. The van der Waals surface area contributed by atoms with E-state index in [2.05, 4.69) is 18.2 Å². The van der Waals surface area contributed by atoms with Crippen LogP contribution in [0.25, 0.3) is 0 Å². The Morgan fingerprint density at radius 2 is 1.93 bits per heavy atom. The number of allylic oxidation sites excluding steroid dienone is 8. The highest BCUT2D eigenvalue weighted by atomic mass is 16.1. The summed E-state index contributed by atoms with van der Waals surface area (Å²) in [7, 11) is 0. The minimum Gasteiger partial charge on any atom is -0.295 e. The van der Waals surface area contributed by atoms with Crippen molar-refractivity contribution < 1.29 is 4.79 Å². The van der Waals surface area contributed by atoms with Gasteiger partial charge in [-0.3, -0.25) is 4.79 Å². The lowest BCUT2D eigenvalue weighted by atomic mass is 10.0. The van der Waals surface area contributed by atoms with Gasteiger partial charge in [0.15, 0.2) is 5.78 Å². The Balaban J connectivity index is 1.78. The number of carbonyl (C=O) groups is 1. The molecule has 0 aromatic rings. The molecule has 0 amide bonds. The number of hydrogen-bond donors (Lipinski definition) is 0. The minimum atomic E-state index is 0.308. The fraction of sp³-hybridized carbons (Fsp3) is 0.308. The van der Waals surface area contributed by atoms with Crippen LogP contribution < -0.4 is 0 Å². The molecule has 1 heteroatoms. The van der Waals surface area contributed by atoms with Crippen LogP contribution in [-0.2, 0) is 4.79 Å². The molecule has 1 nitrogen and oxygen atoms in total. The van der Waals surface area contributed by atoms with E-state index in [1.165, 1.54) is 5.57 Å². The second-order valence-electron chi connectivity index (χ2n) is 3.70. The maximum atomic E-state index is 11.6. The first-order valence-corrected chi connectivity index (χ1v) is 5.10. The summed E-state index contributed by atoms with van der Waals surface area (Å²) in [5, 5.41) is 0. The van der Waals surface area contributed by atoms with Crippen molar-refractivity contribution in [2.24, 2.45) is 0 Å². The van der Waals surface area contributed by atoms with Crippen LogP contribution in [0.1, 0.15) is 25.7 Å². The zero-order chi connectivity index (χ0) is 9.80. The SMILES string of the molecule is O=C(CCC1=CC=CC1)C1=CC=CC1.